The van der Waals surface area contributed by atoms with Gasteiger partial charge in [-0.05, 0) is 102 Å². The number of ether oxygens (including phenoxy) is 1. The van der Waals surface area contributed by atoms with Crippen molar-refractivity contribution in [1.29, 1.82) is 0 Å². The molecule has 1 fully saturated rings. The second-order valence-corrected chi connectivity index (χ2v) is 26.6. The number of carbonyl (C=O) groups excluding carboxylic acids is 12. The van der Waals surface area contributed by atoms with E-state index in [2.05, 4.69) is 21.3 Å². The molecule has 0 aromatic rings. The van der Waals surface area contributed by atoms with Gasteiger partial charge >= 0.3 is 0 Å². The summed E-state index contributed by atoms with van der Waals surface area (Å²) in [6, 6.07) is -13.2. The highest BCUT2D eigenvalue weighted by atomic mass is 16.5. The van der Waals surface area contributed by atoms with Crippen LogP contribution in [-0.2, 0) is 62.3 Å². The van der Waals surface area contributed by atoms with Crippen LogP contribution in [0, 0.1) is 35.5 Å². The molecule has 91 heavy (non-hydrogen) atoms. The maximum atomic E-state index is 15.2. The van der Waals surface area contributed by atoms with E-state index < -0.39 is 168 Å². The number of rotatable bonds is 19. The molecule has 7 N–H and O–H groups in total. The zero-order chi connectivity index (χ0) is 70.4. The van der Waals surface area contributed by atoms with Gasteiger partial charge in [-0.3, -0.25) is 62.7 Å². The van der Waals surface area contributed by atoms with E-state index in [0.29, 0.717) is 0 Å². The van der Waals surface area contributed by atoms with Gasteiger partial charge in [0.25, 0.3) is 0 Å². The molecule has 13 atom stereocenters. The van der Waals surface area contributed by atoms with Crippen molar-refractivity contribution in [1.82, 2.24) is 61.0 Å². The number of carbonyl (C=O) groups is 12. The van der Waals surface area contributed by atoms with Gasteiger partial charge in [0.15, 0.2) is 0 Å². The molecule has 0 unspecified atom stereocenters. The molecule has 0 bridgehead atoms. The summed E-state index contributed by atoms with van der Waals surface area (Å²) in [5.74, 6) is -11.4. The molecule has 0 saturated carbocycles. The molecule has 0 radical (unpaired) electrons. The second kappa shape index (κ2) is 38.3. The zero-order valence-corrected chi connectivity index (χ0v) is 58.7. The van der Waals surface area contributed by atoms with Gasteiger partial charge in [0, 0.05) is 62.4 Å². The van der Waals surface area contributed by atoms with Crippen molar-refractivity contribution in [3.8, 4) is 0 Å². The average Bonchev–Trinajstić information content (AvgIpc) is 0.923. The summed E-state index contributed by atoms with van der Waals surface area (Å²) >= 11 is 0. The van der Waals surface area contributed by atoms with E-state index in [1.54, 1.807) is 60.6 Å². The van der Waals surface area contributed by atoms with Crippen molar-refractivity contribution in [3.63, 3.8) is 0 Å². The van der Waals surface area contributed by atoms with Gasteiger partial charge in [-0.2, -0.15) is 0 Å². The van der Waals surface area contributed by atoms with Crippen LogP contribution in [0.1, 0.15) is 156 Å². The Morgan fingerprint density at radius 3 is 1.52 bits per heavy atom. The fraction of sp³-hybridized carbons (Fsp3) is 0.781. The highest BCUT2D eigenvalue weighted by molar-refractivity contribution is 5.99. The standard InChI is InChI=1S/C64H114N12O15/c1-24-26-28-40(13)54(79)53-58(83)67-44(25-2)60(85)70(17)34-49(78)74(21)52(43(16)91-30-27-29-48(77)69-90)57(82)68-50(38(9)10)63(88)71(18)45(31-35(3)4)56(81)65-41(14)55(80)66-42(15)59(84)72(19)46(32-36(5)6)61(86)73(20)47(33-37(7)8)62(87)75(22)51(39(11)12)64(89)76(53)23/h24,26,35-47,50-54,79,90H,25,27-34H2,1-23H3,(H,65,81)(H,66,80)(H,67,83)(H,68,82)(H,69,77)/b26-24+/t40-,41+,42-,43-,44+,45+,46+,47+,50+,51+,52+,53-,54-/m1/s1. The van der Waals surface area contributed by atoms with E-state index in [1.165, 1.54) is 95.2 Å². The minimum absolute atomic E-state index is 0.0408. The Labute approximate surface area is 541 Å². The first-order valence-electron chi connectivity index (χ1n) is 32.1. The van der Waals surface area contributed by atoms with Gasteiger partial charge in [0.05, 0.1) is 18.8 Å². The number of nitrogens with one attached hydrogen (secondary N) is 5. The van der Waals surface area contributed by atoms with Gasteiger partial charge in [-0.15, -0.1) is 0 Å². The molecule has 520 valence electrons. The maximum Gasteiger partial charge on any atom is 0.246 e. The quantitative estimate of drug-likeness (QED) is 0.0421. The summed E-state index contributed by atoms with van der Waals surface area (Å²) in [6.45, 7) is 26.4. The van der Waals surface area contributed by atoms with Crippen molar-refractivity contribution in [2.24, 2.45) is 35.5 Å². The summed E-state index contributed by atoms with van der Waals surface area (Å²) in [7, 11) is 9.58. The third-order valence-electron chi connectivity index (χ3n) is 16.8. The summed E-state index contributed by atoms with van der Waals surface area (Å²) in [4.78, 5) is 181. The molecular formula is C64H114N12O15. The number of aliphatic hydroxyl groups excluding tert-OH is 1. The molecule has 12 amide bonds. The Kier molecular flexibility index (Phi) is 34.6. The van der Waals surface area contributed by atoms with Crippen LogP contribution >= 0.6 is 0 Å². The van der Waals surface area contributed by atoms with Crippen LogP contribution in [0.2, 0.25) is 0 Å². The van der Waals surface area contributed by atoms with E-state index in [4.69, 9.17) is 9.94 Å². The number of allylic oxidation sites excluding steroid dienone is 2. The predicted octanol–water partition coefficient (Wildman–Crippen LogP) is 1.91. The fourth-order valence-corrected chi connectivity index (χ4v) is 11.1. The summed E-state index contributed by atoms with van der Waals surface area (Å²) in [5, 5.41) is 32.0. The molecule has 1 saturated heterocycles. The van der Waals surface area contributed by atoms with Gasteiger partial charge < -0.3 is 65.4 Å². The lowest BCUT2D eigenvalue weighted by Gasteiger charge is -2.41. The average molecular weight is 1290 g/mol. The summed E-state index contributed by atoms with van der Waals surface area (Å²) in [6.07, 6.45) is 1.37. The third-order valence-corrected chi connectivity index (χ3v) is 16.8. The molecule has 1 heterocycles. The normalized spacial score (nSPS) is 26.1. The van der Waals surface area contributed by atoms with Crippen molar-refractivity contribution in [3.05, 3.63) is 12.2 Å². The fourth-order valence-electron chi connectivity index (χ4n) is 11.1. The van der Waals surface area contributed by atoms with Crippen LogP contribution < -0.4 is 26.7 Å². The smallest absolute Gasteiger partial charge is 0.246 e. The van der Waals surface area contributed by atoms with Gasteiger partial charge in [-0.1, -0.05) is 95.2 Å². The topological polar surface area (TPSA) is 337 Å². The highest BCUT2D eigenvalue weighted by Gasteiger charge is 2.46. The van der Waals surface area contributed by atoms with Gasteiger partial charge in [-0.25, -0.2) is 5.48 Å². The minimum atomic E-state index is -1.66. The molecule has 1 aliphatic rings. The molecule has 1 aliphatic heterocycles. The number of hydrogen-bond acceptors (Lipinski definition) is 15. The summed E-state index contributed by atoms with van der Waals surface area (Å²) in [5.41, 5.74) is 1.54. The molecule has 0 spiro atoms. The number of hydroxylamine groups is 1. The van der Waals surface area contributed by atoms with Crippen molar-refractivity contribution in [2.75, 3.05) is 62.5 Å². The van der Waals surface area contributed by atoms with Crippen LogP contribution in [0.3, 0.4) is 0 Å². The Morgan fingerprint density at radius 2 is 1.03 bits per heavy atom. The van der Waals surface area contributed by atoms with Crippen LogP contribution in [0.5, 0.6) is 0 Å². The molecule has 0 aromatic carbocycles. The first kappa shape index (κ1) is 82.3. The molecule has 0 aliphatic carbocycles. The van der Waals surface area contributed by atoms with Crippen LogP contribution in [0.15, 0.2) is 12.2 Å². The molecule has 0 aromatic heterocycles. The van der Waals surface area contributed by atoms with E-state index in [0.717, 1.165) is 14.7 Å². The predicted molar refractivity (Wildman–Crippen MR) is 344 cm³/mol. The third kappa shape index (κ3) is 23.7. The van der Waals surface area contributed by atoms with E-state index in [1.807, 2.05) is 41.5 Å². The first-order valence-corrected chi connectivity index (χ1v) is 32.1. The lowest BCUT2D eigenvalue weighted by Crippen LogP contribution is -2.63. The van der Waals surface area contributed by atoms with Crippen LogP contribution in [0.25, 0.3) is 0 Å². The summed E-state index contributed by atoms with van der Waals surface area (Å²) < 4.78 is 6.01. The largest absolute Gasteiger partial charge is 0.390 e. The van der Waals surface area contributed by atoms with Crippen LogP contribution in [0.4, 0.5) is 0 Å². The number of hydrogen-bond donors (Lipinski definition) is 7. The van der Waals surface area contributed by atoms with E-state index in [-0.39, 0.29) is 69.3 Å². The number of nitrogens with zero attached hydrogens (tertiary/aromatic N) is 7. The Hall–Kier alpha value is -6.74. The lowest BCUT2D eigenvalue weighted by atomic mass is 9.91. The number of likely N-dealkylation sites (N-methyl/N-ethyl adjacent to an activating group) is 7. The van der Waals surface area contributed by atoms with Gasteiger partial charge in [0.1, 0.15) is 60.4 Å². The van der Waals surface area contributed by atoms with Crippen molar-refractivity contribution < 1.29 is 72.6 Å². The van der Waals surface area contributed by atoms with Crippen LogP contribution in [-0.4, -0.2) is 251 Å². The van der Waals surface area contributed by atoms with Crippen molar-refractivity contribution in [2.45, 2.75) is 228 Å². The maximum absolute atomic E-state index is 15.2. The molecule has 27 nitrogen and oxygen atoms in total. The van der Waals surface area contributed by atoms with E-state index >= 15 is 9.59 Å². The molecular weight excluding hydrogens is 1180 g/mol. The zero-order valence-electron chi connectivity index (χ0n) is 58.7. The molecule has 27 heteroatoms. The van der Waals surface area contributed by atoms with Crippen molar-refractivity contribution >= 4 is 70.9 Å². The second-order valence-electron chi connectivity index (χ2n) is 26.6. The number of amides is 12. The first-order chi connectivity index (χ1) is 42.2. The lowest BCUT2D eigenvalue weighted by molar-refractivity contribution is -0.157. The highest BCUT2D eigenvalue weighted by Crippen LogP contribution is 2.26. The van der Waals surface area contributed by atoms with Gasteiger partial charge in [0.2, 0.25) is 70.9 Å². The SMILES string of the molecule is C/C=C/C[C@@H](C)[C@@H](O)[C@@H]1C(=O)N[C@@H](CC)C(=O)N(C)CC(=O)N(C)[C@@H]([C@@H](C)OCCCC(=O)NO)C(=O)N[C@@H](C(C)C)C(=O)N(C)[C@@H](CC(C)C)C(=O)N[C@@H](C)C(=O)N[C@H](C)C(=O)N(C)[C@@H](CC(C)C)C(=O)N(C)[C@@H](CC(C)C)C(=O)N(C)[C@@H](C(C)C)C(=O)N1C. The number of aliphatic hydroxyl groups is 1. The Bertz CT molecular complexity index is 2510. The minimum Gasteiger partial charge on any atom is -0.390 e. The monoisotopic (exact) mass is 1290 g/mol. The Balaban J connectivity index is 4.39. The molecule has 1 rings (SSSR count). The Morgan fingerprint density at radius 1 is 0.560 bits per heavy atom. The van der Waals surface area contributed by atoms with E-state index in [9.17, 15) is 53.1 Å².